The summed E-state index contributed by atoms with van der Waals surface area (Å²) in [5.74, 6) is 0.900. The number of nitrogens with one attached hydrogen (secondary N) is 2. The summed E-state index contributed by atoms with van der Waals surface area (Å²) in [6.07, 6.45) is 5.51. The highest BCUT2D eigenvalue weighted by atomic mass is 16.2. The molecule has 0 unspecified atom stereocenters. The smallest absolute Gasteiger partial charge is 0.242 e. The maximum atomic E-state index is 12.0. The van der Waals surface area contributed by atoms with Crippen LogP contribution in [0.1, 0.15) is 31.9 Å². The predicted octanol–water partition coefficient (Wildman–Crippen LogP) is 1.37. The van der Waals surface area contributed by atoms with Crippen LogP contribution in [0.25, 0.3) is 5.65 Å². The van der Waals surface area contributed by atoms with Crippen LogP contribution < -0.4 is 10.6 Å². The summed E-state index contributed by atoms with van der Waals surface area (Å²) in [7, 11) is 0. The van der Waals surface area contributed by atoms with E-state index in [4.69, 9.17) is 0 Å². The molecule has 0 saturated carbocycles. The zero-order valence-electron chi connectivity index (χ0n) is 11.6. The molecule has 0 radical (unpaired) electrons. The van der Waals surface area contributed by atoms with Gasteiger partial charge in [-0.15, -0.1) is 0 Å². The van der Waals surface area contributed by atoms with Crippen molar-refractivity contribution in [2.75, 3.05) is 11.9 Å². The molecule has 0 aromatic carbocycles. The van der Waals surface area contributed by atoms with Crippen molar-refractivity contribution in [3.63, 3.8) is 0 Å². The number of hydrogen-bond donors (Lipinski definition) is 2. The Labute approximate surface area is 117 Å². The summed E-state index contributed by atoms with van der Waals surface area (Å²) in [5, 5.41) is 10.5. The fourth-order valence-corrected chi connectivity index (χ4v) is 2.50. The Hall–Kier alpha value is -2.11. The molecule has 1 atom stereocenters. The largest absolute Gasteiger partial charge is 0.358 e. The van der Waals surface area contributed by atoms with Gasteiger partial charge in [0.1, 0.15) is 11.9 Å². The predicted molar refractivity (Wildman–Crippen MR) is 76.6 cm³/mol. The van der Waals surface area contributed by atoms with E-state index in [1.807, 2.05) is 12.1 Å². The molecular formula is C14H19N5O. The first-order chi connectivity index (χ1) is 9.78. The van der Waals surface area contributed by atoms with Crippen LogP contribution in [0.15, 0.2) is 18.3 Å². The highest BCUT2D eigenvalue weighted by Gasteiger charge is 2.21. The molecule has 6 heteroatoms. The molecule has 0 spiro atoms. The molecular weight excluding hydrogens is 254 g/mol. The summed E-state index contributed by atoms with van der Waals surface area (Å²) in [6, 6.07) is 3.65. The number of nitrogens with zero attached hydrogens (tertiary/aromatic N) is 3. The van der Waals surface area contributed by atoms with Gasteiger partial charge in [0.15, 0.2) is 5.65 Å². The third-order valence-corrected chi connectivity index (χ3v) is 3.63. The Morgan fingerprint density at radius 3 is 3.25 bits per heavy atom. The number of aromatic nitrogens is 3. The Kier molecular flexibility index (Phi) is 3.54. The van der Waals surface area contributed by atoms with Gasteiger partial charge in [-0.3, -0.25) is 4.79 Å². The van der Waals surface area contributed by atoms with Crippen LogP contribution in [0.5, 0.6) is 0 Å². The van der Waals surface area contributed by atoms with E-state index in [1.165, 1.54) is 0 Å². The maximum absolute atomic E-state index is 12.0. The van der Waals surface area contributed by atoms with E-state index < -0.39 is 0 Å². The zero-order chi connectivity index (χ0) is 13.9. The molecule has 3 rings (SSSR count). The van der Waals surface area contributed by atoms with Crippen LogP contribution in [0.2, 0.25) is 0 Å². The lowest BCUT2D eigenvalue weighted by atomic mass is 10.1. The van der Waals surface area contributed by atoms with E-state index in [2.05, 4.69) is 27.6 Å². The minimum atomic E-state index is -0.197. The van der Waals surface area contributed by atoms with Crippen molar-refractivity contribution in [3.05, 3.63) is 24.0 Å². The van der Waals surface area contributed by atoms with Gasteiger partial charge in [-0.05, 0) is 25.7 Å². The van der Waals surface area contributed by atoms with E-state index in [1.54, 1.807) is 10.7 Å². The molecule has 0 aliphatic carbocycles. The molecule has 20 heavy (non-hydrogen) atoms. The van der Waals surface area contributed by atoms with Crippen molar-refractivity contribution >= 4 is 17.4 Å². The van der Waals surface area contributed by atoms with Crippen molar-refractivity contribution in [1.29, 1.82) is 0 Å². The second-order valence-electron chi connectivity index (χ2n) is 5.07. The lowest BCUT2D eigenvalue weighted by Crippen LogP contribution is -2.38. The number of carbonyl (C=O) groups is 1. The molecule has 0 bridgehead atoms. The minimum Gasteiger partial charge on any atom is -0.358 e. The molecule has 1 amide bonds. The molecule has 2 aromatic heterocycles. The van der Waals surface area contributed by atoms with Crippen molar-refractivity contribution in [3.8, 4) is 0 Å². The molecule has 1 saturated heterocycles. The first-order valence-corrected chi connectivity index (χ1v) is 7.16. The fraction of sp³-hybridized carbons (Fsp3) is 0.500. The van der Waals surface area contributed by atoms with Crippen molar-refractivity contribution in [2.45, 2.75) is 38.6 Å². The molecule has 2 N–H and O–H groups in total. The quantitative estimate of drug-likeness (QED) is 0.886. The summed E-state index contributed by atoms with van der Waals surface area (Å²) in [6.45, 7) is 2.84. The minimum absolute atomic E-state index is 0.0673. The zero-order valence-corrected chi connectivity index (χ0v) is 11.6. The second kappa shape index (κ2) is 5.48. The van der Waals surface area contributed by atoms with Crippen LogP contribution in [0.3, 0.4) is 0 Å². The number of amides is 1. The highest BCUT2D eigenvalue weighted by molar-refractivity contribution is 5.84. The average molecular weight is 273 g/mol. The van der Waals surface area contributed by atoms with Gasteiger partial charge >= 0.3 is 0 Å². The van der Waals surface area contributed by atoms with Crippen LogP contribution in [-0.4, -0.2) is 33.1 Å². The van der Waals surface area contributed by atoms with E-state index in [0.717, 1.165) is 49.4 Å². The molecule has 3 heterocycles. The molecule has 1 aliphatic heterocycles. The second-order valence-corrected chi connectivity index (χ2v) is 5.07. The number of hydrogen-bond acceptors (Lipinski definition) is 4. The number of rotatable bonds is 3. The first-order valence-electron chi connectivity index (χ1n) is 7.16. The third kappa shape index (κ3) is 2.45. The van der Waals surface area contributed by atoms with Crippen molar-refractivity contribution in [1.82, 2.24) is 19.9 Å². The SMILES string of the molecule is CCc1cc(N[C@@H]2CCCCNC2=O)n2nccc2n1. The van der Waals surface area contributed by atoms with Gasteiger partial charge in [0, 0.05) is 24.4 Å². The van der Waals surface area contributed by atoms with Gasteiger partial charge in [0.05, 0.1) is 6.20 Å². The van der Waals surface area contributed by atoms with Gasteiger partial charge in [-0.1, -0.05) is 6.92 Å². The molecule has 2 aromatic rings. The van der Waals surface area contributed by atoms with Gasteiger partial charge in [-0.2, -0.15) is 9.61 Å². The van der Waals surface area contributed by atoms with Crippen LogP contribution in [-0.2, 0) is 11.2 Å². The Morgan fingerprint density at radius 1 is 1.50 bits per heavy atom. The maximum Gasteiger partial charge on any atom is 0.242 e. The first kappa shape index (κ1) is 12.9. The van der Waals surface area contributed by atoms with E-state index in [9.17, 15) is 4.79 Å². The van der Waals surface area contributed by atoms with Crippen LogP contribution >= 0.6 is 0 Å². The van der Waals surface area contributed by atoms with Gasteiger partial charge < -0.3 is 10.6 Å². The number of carbonyl (C=O) groups excluding carboxylic acids is 1. The van der Waals surface area contributed by atoms with Gasteiger partial charge in [-0.25, -0.2) is 4.98 Å². The van der Waals surface area contributed by atoms with Gasteiger partial charge in [0.25, 0.3) is 0 Å². The summed E-state index contributed by atoms with van der Waals surface area (Å²) in [5.41, 5.74) is 1.80. The van der Waals surface area contributed by atoms with E-state index in [-0.39, 0.29) is 11.9 Å². The number of fused-ring (bicyclic) bond motifs is 1. The summed E-state index contributed by atoms with van der Waals surface area (Å²) >= 11 is 0. The highest BCUT2D eigenvalue weighted by Crippen LogP contribution is 2.16. The van der Waals surface area contributed by atoms with Crippen LogP contribution in [0.4, 0.5) is 5.82 Å². The Morgan fingerprint density at radius 2 is 2.40 bits per heavy atom. The summed E-state index contributed by atoms with van der Waals surface area (Å²) < 4.78 is 1.75. The number of aryl methyl sites for hydroxylation is 1. The Balaban J connectivity index is 1.92. The Bertz CT molecular complexity index is 621. The third-order valence-electron chi connectivity index (χ3n) is 3.63. The average Bonchev–Trinajstić information content (AvgIpc) is 2.84. The number of anilines is 1. The van der Waals surface area contributed by atoms with Crippen molar-refractivity contribution in [2.24, 2.45) is 0 Å². The van der Waals surface area contributed by atoms with E-state index >= 15 is 0 Å². The van der Waals surface area contributed by atoms with E-state index in [0.29, 0.717) is 0 Å². The van der Waals surface area contributed by atoms with Crippen LogP contribution in [0, 0.1) is 0 Å². The van der Waals surface area contributed by atoms with Gasteiger partial charge in [0.2, 0.25) is 5.91 Å². The standard InChI is InChI=1S/C14H19N5O/c1-2-10-9-13(19-12(17-10)6-8-16-19)18-11-5-3-4-7-15-14(11)20/h6,8-9,11,18H,2-5,7H2,1H3,(H,15,20)/t11-/m1/s1. The fourth-order valence-electron chi connectivity index (χ4n) is 2.50. The normalized spacial score (nSPS) is 19.6. The molecule has 6 nitrogen and oxygen atoms in total. The lowest BCUT2D eigenvalue weighted by molar-refractivity contribution is -0.121. The molecule has 106 valence electrons. The monoisotopic (exact) mass is 273 g/mol. The summed E-state index contributed by atoms with van der Waals surface area (Å²) in [4.78, 5) is 16.5. The molecule has 1 aliphatic rings. The lowest BCUT2D eigenvalue weighted by Gasteiger charge is -2.17. The topological polar surface area (TPSA) is 71.3 Å². The molecule has 1 fully saturated rings. The van der Waals surface area contributed by atoms with Crippen molar-refractivity contribution < 1.29 is 4.79 Å².